The SMILES string of the molecule is CCC[C@H](C)C(=O)Nc1nnc(COCC)s1. The molecule has 0 aliphatic carbocycles. The summed E-state index contributed by atoms with van der Waals surface area (Å²) < 4.78 is 5.22. The number of carbonyl (C=O) groups is 1. The summed E-state index contributed by atoms with van der Waals surface area (Å²) in [5.41, 5.74) is 0. The standard InChI is InChI=1S/C11H19N3O2S/c1-4-6-8(3)10(15)12-11-14-13-9(17-11)7-16-5-2/h8H,4-7H2,1-3H3,(H,12,14,15)/t8-/m0/s1. The molecule has 1 rings (SSSR count). The zero-order chi connectivity index (χ0) is 12.7. The molecule has 96 valence electrons. The van der Waals surface area contributed by atoms with Gasteiger partial charge in [0.1, 0.15) is 11.6 Å². The zero-order valence-corrected chi connectivity index (χ0v) is 11.3. The van der Waals surface area contributed by atoms with Crippen molar-refractivity contribution in [2.24, 2.45) is 5.92 Å². The number of hydrogen-bond donors (Lipinski definition) is 1. The number of nitrogens with zero attached hydrogens (tertiary/aromatic N) is 2. The van der Waals surface area contributed by atoms with Crippen LogP contribution in [0, 0.1) is 5.92 Å². The molecule has 5 nitrogen and oxygen atoms in total. The Hall–Kier alpha value is -1.01. The van der Waals surface area contributed by atoms with E-state index in [0.717, 1.165) is 17.8 Å². The molecule has 0 saturated heterocycles. The van der Waals surface area contributed by atoms with Crippen LogP contribution in [-0.2, 0) is 16.1 Å². The normalized spacial score (nSPS) is 12.4. The number of carbonyl (C=O) groups excluding carboxylic acids is 1. The Morgan fingerprint density at radius 3 is 2.88 bits per heavy atom. The van der Waals surface area contributed by atoms with Crippen LogP contribution < -0.4 is 5.32 Å². The topological polar surface area (TPSA) is 64.1 Å². The lowest BCUT2D eigenvalue weighted by atomic mass is 10.1. The van der Waals surface area contributed by atoms with Gasteiger partial charge in [0.05, 0.1) is 0 Å². The maximum Gasteiger partial charge on any atom is 0.229 e. The van der Waals surface area contributed by atoms with Crippen molar-refractivity contribution >= 4 is 22.4 Å². The summed E-state index contributed by atoms with van der Waals surface area (Å²) >= 11 is 1.36. The molecule has 0 unspecified atom stereocenters. The Balaban J connectivity index is 2.45. The summed E-state index contributed by atoms with van der Waals surface area (Å²) in [5.74, 6) is 0.0187. The van der Waals surface area contributed by atoms with Crippen molar-refractivity contribution in [3.8, 4) is 0 Å². The van der Waals surface area contributed by atoms with Gasteiger partial charge < -0.3 is 10.1 Å². The fourth-order valence-corrected chi connectivity index (χ4v) is 2.02. The maximum absolute atomic E-state index is 11.7. The summed E-state index contributed by atoms with van der Waals surface area (Å²) in [6.07, 6.45) is 1.89. The van der Waals surface area contributed by atoms with E-state index in [0.29, 0.717) is 18.3 Å². The molecule has 0 aliphatic rings. The van der Waals surface area contributed by atoms with Gasteiger partial charge in [0.15, 0.2) is 0 Å². The third-order valence-corrected chi connectivity index (χ3v) is 3.11. The largest absolute Gasteiger partial charge is 0.374 e. The Kier molecular flexibility index (Phi) is 6.07. The lowest BCUT2D eigenvalue weighted by Crippen LogP contribution is -2.20. The molecule has 0 bridgehead atoms. The van der Waals surface area contributed by atoms with Crippen molar-refractivity contribution in [3.05, 3.63) is 5.01 Å². The molecular formula is C11H19N3O2S. The van der Waals surface area contributed by atoms with E-state index < -0.39 is 0 Å². The van der Waals surface area contributed by atoms with Gasteiger partial charge in [-0.3, -0.25) is 4.79 Å². The third kappa shape index (κ3) is 4.79. The Morgan fingerprint density at radius 2 is 2.24 bits per heavy atom. The minimum absolute atomic E-state index is 0.00552. The first-order chi connectivity index (χ1) is 8.17. The first-order valence-corrected chi connectivity index (χ1v) is 6.70. The van der Waals surface area contributed by atoms with Gasteiger partial charge in [0, 0.05) is 12.5 Å². The van der Waals surface area contributed by atoms with Crippen molar-refractivity contribution in [2.45, 2.75) is 40.2 Å². The van der Waals surface area contributed by atoms with E-state index in [1.165, 1.54) is 11.3 Å². The van der Waals surface area contributed by atoms with Crippen molar-refractivity contribution in [1.29, 1.82) is 0 Å². The van der Waals surface area contributed by atoms with Gasteiger partial charge >= 0.3 is 0 Å². The number of ether oxygens (including phenoxy) is 1. The molecule has 0 fully saturated rings. The second-order valence-corrected chi connectivity index (χ2v) is 4.88. The van der Waals surface area contributed by atoms with Gasteiger partial charge in [-0.1, -0.05) is 31.6 Å². The number of rotatable bonds is 7. The number of aromatic nitrogens is 2. The second kappa shape index (κ2) is 7.34. The van der Waals surface area contributed by atoms with E-state index in [2.05, 4.69) is 22.4 Å². The van der Waals surface area contributed by atoms with Crippen LogP contribution in [-0.4, -0.2) is 22.7 Å². The number of anilines is 1. The highest BCUT2D eigenvalue weighted by Crippen LogP contribution is 2.17. The molecule has 0 aromatic carbocycles. The molecule has 1 heterocycles. The Morgan fingerprint density at radius 1 is 1.47 bits per heavy atom. The molecule has 1 atom stereocenters. The molecule has 1 N–H and O–H groups in total. The van der Waals surface area contributed by atoms with Crippen LogP contribution in [0.25, 0.3) is 0 Å². The van der Waals surface area contributed by atoms with E-state index in [9.17, 15) is 4.79 Å². The van der Waals surface area contributed by atoms with Gasteiger partial charge in [0.2, 0.25) is 11.0 Å². The van der Waals surface area contributed by atoms with Gasteiger partial charge in [-0.05, 0) is 13.3 Å². The highest BCUT2D eigenvalue weighted by molar-refractivity contribution is 7.15. The van der Waals surface area contributed by atoms with Crippen LogP contribution in [0.4, 0.5) is 5.13 Å². The first kappa shape index (κ1) is 14.1. The lowest BCUT2D eigenvalue weighted by molar-refractivity contribution is -0.119. The average molecular weight is 257 g/mol. The summed E-state index contributed by atoms with van der Waals surface area (Å²) in [6, 6.07) is 0. The summed E-state index contributed by atoms with van der Waals surface area (Å²) in [4.78, 5) is 11.7. The smallest absolute Gasteiger partial charge is 0.229 e. The molecule has 0 aliphatic heterocycles. The average Bonchev–Trinajstić information content (AvgIpc) is 2.74. The molecule has 0 radical (unpaired) electrons. The predicted molar refractivity (Wildman–Crippen MR) is 67.9 cm³/mol. The van der Waals surface area contributed by atoms with Crippen molar-refractivity contribution in [2.75, 3.05) is 11.9 Å². The number of amides is 1. The molecule has 1 aromatic heterocycles. The number of hydrogen-bond acceptors (Lipinski definition) is 5. The van der Waals surface area contributed by atoms with Gasteiger partial charge in [-0.25, -0.2) is 0 Å². The fourth-order valence-electron chi connectivity index (χ4n) is 1.34. The van der Waals surface area contributed by atoms with Crippen LogP contribution in [0.15, 0.2) is 0 Å². The highest BCUT2D eigenvalue weighted by atomic mass is 32.1. The summed E-state index contributed by atoms with van der Waals surface area (Å²) in [6.45, 7) is 7.01. The van der Waals surface area contributed by atoms with Crippen LogP contribution in [0.2, 0.25) is 0 Å². The first-order valence-electron chi connectivity index (χ1n) is 5.88. The summed E-state index contributed by atoms with van der Waals surface area (Å²) in [5, 5.41) is 12.0. The predicted octanol–water partition coefficient (Wildman–Crippen LogP) is 2.45. The monoisotopic (exact) mass is 257 g/mol. The highest BCUT2D eigenvalue weighted by Gasteiger charge is 2.14. The van der Waals surface area contributed by atoms with E-state index in [1.807, 2.05) is 13.8 Å². The maximum atomic E-state index is 11.7. The van der Waals surface area contributed by atoms with Crippen molar-refractivity contribution in [1.82, 2.24) is 10.2 Å². The lowest BCUT2D eigenvalue weighted by Gasteiger charge is -2.07. The minimum atomic E-state index is 0.00552. The Labute approximate surface area is 106 Å². The third-order valence-electron chi connectivity index (χ3n) is 2.30. The number of nitrogens with one attached hydrogen (secondary N) is 1. The van der Waals surface area contributed by atoms with Gasteiger partial charge in [0.25, 0.3) is 0 Å². The molecule has 1 amide bonds. The molecule has 0 saturated carbocycles. The molecular weight excluding hydrogens is 238 g/mol. The second-order valence-electron chi connectivity index (χ2n) is 3.82. The molecule has 6 heteroatoms. The quantitative estimate of drug-likeness (QED) is 0.815. The van der Waals surface area contributed by atoms with Crippen molar-refractivity contribution in [3.63, 3.8) is 0 Å². The molecule has 1 aromatic rings. The van der Waals surface area contributed by atoms with Gasteiger partial charge in [-0.15, -0.1) is 10.2 Å². The molecule has 0 spiro atoms. The van der Waals surface area contributed by atoms with E-state index in [1.54, 1.807) is 0 Å². The van der Waals surface area contributed by atoms with Crippen molar-refractivity contribution < 1.29 is 9.53 Å². The summed E-state index contributed by atoms with van der Waals surface area (Å²) in [7, 11) is 0. The van der Waals surface area contributed by atoms with E-state index in [-0.39, 0.29) is 11.8 Å². The Bertz CT molecular complexity index is 354. The van der Waals surface area contributed by atoms with Crippen LogP contribution >= 0.6 is 11.3 Å². The van der Waals surface area contributed by atoms with Crippen LogP contribution in [0.5, 0.6) is 0 Å². The molecule has 17 heavy (non-hydrogen) atoms. The van der Waals surface area contributed by atoms with Crippen LogP contribution in [0.3, 0.4) is 0 Å². The fraction of sp³-hybridized carbons (Fsp3) is 0.727. The van der Waals surface area contributed by atoms with Crippen LogP contribution in [0.1, 0.15) is 38.6 Å². The van der Waals surface area contributed by atoms with E-state index in [4.69, 9.17) is 4.74 Å². The van der Waals surface area contributed by atoms with E-state index >= 15 is 0 Å². The minimum Gasteiger partial charge on any atom is -0.374 e. The zero-order valence-electron chi connectivity index (χ0n) is 10.5. The van der Waals surface area contributed by atoms with Gasteiger partial charge in [-0.2, -0.15) is 0 Å².